The Balaban J connectivity index is 2.20. The van der Waals surface area contributed by atoms with E-state index in [4.69, 9.17) is 4.74 Å². The van der Waals surface area contributed by atoms with Crippen molar-refractivity contribution in [3.8, 4) is 5.75 Å². The molecule has 0 aromatic heterocycles. The van der Waals surface area contributed by atoms with Crippen LogP contribution in [0, 0.1) is 10.1 Å². The SMILES string of the molecule is O=Cc1ccc([N+](=O)[O-])cc1OCc1ccccc1. The second-order valence-electron chi connectivity index (χ2n) is 3.87. The van der Waals surface area contributed by atoms with Gasteiger partial charge in [-0.1, -0.05) is 30.3 Å². The molecule has 0 atom stereocenters. The van der Waals surface area contributed by atoms with Gasteiger partial charge < -0.3 is 4.74 Å². The van der Waals surface area contributed by atoms with Crippen LogP contribution in [-0.4, -0.2) is 11.2 Å². The van der Waals surface area contributed by atoms with Crippen molar-refractivity contribution in [2.24, 2.45) is 0 Å². The maximum absolute atomic E-state index is 10.9. The van der Waals surface area contributed by atoms with Crippen LogP contribution in [0.3, 0.4) is 0 Å². The minimum Gasteiger partial charge on any atom is -0.488 e. The molecule has 2 aromatic rings. The van der Waals surface area contributed by atoms with E-state index in [9.17, 15) is 14.9 Å². The van der Waals surface area contributed by atoms with Gasteiger partial charge in [0.25, 0.3) is 5.69 Å². The predicted molar refractivity (Wildman–Crippen MR) is 69.3 cm³/mol. The molecule has 5 heteroatoms. The minimum atomic E-state index is -0.524. The summed E-state index contributed by atoms with van der Waals surface area (Å²) >= 11 is 0. The van der Waals surface area contributed by atoms with Crippen molar-refractivity contribution in [1.82, 2.24) is 0 Å². The zero-order chi connectivity index (χ0) is 13.7. The number of aldehydes is 1. The number of ether oxygens (including phenoxy) is 1. The third-order valence-corrected chi connectivity index (χ3v) is 2.57. The van der Waals surface area contributed by atoms with Crippen molar-refractivity contribution < 1.29 is 14.5 Å². The Bertz CT molecular complexity index is 596. The Morgan fingerprint density at radius 3 is 2.53 bits per heavy atom. The largest absolute Gasteiger partial charge is 0.488 e. The average Bonchev–Trinajstić information content (AvgIpc) is 2.45. The van der Waals surface area contributed by atoms with Crippen LogP contribution >= 0.6 is 0 Å². The number of hydrogen-bond donors (Lipinski definition) is 0. The maximum atomic E-state index is 10.9. The molecule has 0 aliphatic heterocycles. The normalized spacial score (nSPS) is 9.89. The molecule has 96 valence electrons. The molecule has 0 fully saturated rings. The first-order valence-electron chi connectivity index (χ1n) is 5.61. The second-order valence-corrected chi connectivity index (χ2v) is 3.87. The lowest BCUT2D eigenvalue weighted by atomic mass is 10.2. The molecule has 19 heavy (non-hydrogen) atoms. The summed E-state index contributed by atoms with van der Waals surface area (Å²) < 4.78 is 5.47. The Labute approximate surface area is 109 Å². The van der Waals surface area contributed by atoms with Gasteiger partial charge in [-0.05, 0) is 11.6 Å². The maximum Gasteiger partial charge on any atom is 0.273 e. The van der Waals surface area contributed by atoms with E-state index in [0.717, 1.165) is 5.56 Å². The van der Waals surface area contributed by atoms with E-state index in [1.807, 2.05) is 30.3 Å². The molecular weight excluding hydrogens is 246 g/mol. The van der Waals surface area contributed by atoms with E-state index in [2.05, 4.69) is 0 Å². The van der Waals surface area contributed by atoms with Crippen LogP contribution in [0.15, 0.2) is 48.5 Å². The van der Waals surface area contributed by atoms with E-state index in [-0.39, 0.29) is 18.0 Å². The molecule has 0 spiro atoms. The summed E-state index contributed by atoms with van der Waals surface area (Å²) in [6.07, 6.45) is 0.615. The number of nitro groups is 1. The zero-order valence-electron chi connectivity index (χ0n) is 9.98. The van der Waals surface area contributed by atoms with E-state index in [0.29, 0.717) is 11.8 Å². The predicted octanol–water partition coefficient (Wildman–Crippen LogP) is 2.99. The number of carbonyl (C=O) groups is 1. The Morgan fingerprint density at radius 1 is 1.16 bits per heavy atom. The fourth-order valence-corrected chi connectivity index (χ4v) is 1.59. The number of carbonyl (C=O) groups excluding carboxylic acids is 1. The number of hydrogen-bond acceptors (Lipinski definition) is 4. The van der Waals surface area contributed by atoms with Crippen LogP contribution in [0.5, 0.6) is 5.75 Å². The number of rotatable bonds is 5. The van der Waals surface area contributed by atoms with E-state index >= 15 is 0 Å². The number of benzene rings is 2. The molecule has 2 rings (SSSR count). The average molecular weight is 257 g/mol. The number of nitrogens with zero attached hydrogens (tertiary/aromatic N) is 1. The summed E-state index contributed by atoms with van der Waals surface area (Å²) in [5.41, 5.74) is 1.11. The zero-order valence-corrected chi connectivity index (χ0v) is 9.98. The van der Waals surface area contributed by atoms with Crippen molar-refractivity contribution >= 4 is 12.0 Å². The van der Waals surface area contributed by atoms with Gasteiger partial charge in [0.2, 0.25) is 0 Å². The Morgan fingerprint density at radius 2 is 1.89 bits per heavy atom. The molecule has 0 bridgehead atoms. The second kappa shape index (κ2) is 5.77. The topological polar surface area (TPSA) is 69.4 Å². The lowest BCUT2D eigenvalue weighted by Gasteiger charge is -2.08. The summed E-state index contributed by atoms with van der Waals surface area (Å²) in [5, 5.41) is 10.7. The van der Waals surface area contributed by atoms with Crippen LogP contribution in [0.2, 0.25) is 0 Å². The van der Waals surface area contributed by atoms with Gasteiger partial charge in [-0.2, -0.15) is 0 Å². The minimum absolute atomic E-state index is 0.103. The van der Waals surface area contributed by atoms with Gasteiger partial charge in [0.15, 0.2) is 6.29 Å². The molecule has 0 aliphatic rings. The fraction of sp³-hybridized carbons (Fsp3) is 0.0714. The highest BCUT2D eigenvalue weighted by molar-refractivity contribution is 5.80. The third-order valence-electron chi connectivity index (χ3n) is 2.57. The van der Waals surface area contributed by atoms with Gasteiger partial charge >= 0.3 is 0 Å². The van der Waals surface area contributed by atoms with Gasteiger partial charge in [-0.15, -0.1) is 0 Å². The lowest BCUT2D eigenvalue weighted by molar-refractivity contribution is -0.384. The summed E-state index contributed by atoms with van der Waals surface area (Å²) in [4.78, 5) is 21.0. The third kappa shape index (κ3) is 3.16. The molecule has 0 saturated heterocycles. The Hall–Kier alpha value is -2.69. The standard InChI is InChI=1S/C14H11NO4/c16-9-12-6-7-13(15(17)18)8-14(12)19-10-11-4-2-1-3-5-11/h1-9H,10H2. The Kier molecular flexibility index (Phi) is 3.87. The molecule has 5 nitrogen and oxygen atoms in total. The molecule has 0 unspecified atom stereocenters. The molecule has 0 N–H and O–H groups in total. The van der Waals surface area contributed by atoms with Crippen LogP contribution in [0.25, 0.3) is 0 Å². The van der Waals surface area contributed by atoms with Crippen LogP contribution in [-0.2, 0) is 6.61 Å². The van der Waals surface area contributed by atoms with E-state index in [1.165, 1.54) is 18.2 Å². The first-order valence-corrected chi connectivity index (χ1v) is 5.61. The lowest BCUT2D eigenvalue weighted by Crippen LogP contribution is -1.99. The van der Waals surface area contributed by atoms with Gasteiger partial charge in [-0.25, -0.2) is 0 Å². The molecule has 0 aliphatic carbocycles. The highest BCUT2D eigenvalue weighted by Crippen LogP contribution is 2.24. The van der Waals surface area contributed by atoms with Gasteiger partial charge in [0.05, 0.1) is 16.6 Å². The first kappa shape index (κ1) is 12.8. The number of nitro benzene ring substituents is 1. The van der Waals surface area contributed by atoms with Crippen molar-refractivity contribution in [2.45, 2.75) is 6.61 Å². The molecular formula is C14H11NO4. The van der Waals surface area contributed by atoms with Crippen LogP contribution < -0.4 is 4.74 Å². The summed E-state index contributed by atoms with van der Waals surface area (Å²) in [6, 6.07) is 13.3. The highest BCUT2D eigenvalue weighted by atomic mass is 16.6. The van der Waals surface area contributed by atoms with Gasteiger partial charge in [-0.3, -0.25) is 14.9 Å². The number of non-ortho nitro benzene ring substituents is 1. The molecule has 2 aromatic carbocycles. The monoisotopic (exact) mass is 257 g/mol. The fourth-order valence-electron chi connectivity index (χ4n) is 1.59. The molecule has 0 heterocycles. The van der Waals surface area contributed by atoms with Crippen molar-refractivity contribution in [3.05, 3.63) is 69.8 Å². The molecule has 0 saturated carbocycles. The quantitative estimate of drug-likeness (QED) is 0.469. The van der Waals surface area contributed by atoms with Crippen LogP contribution in [0.4, 0.5) is 5.69 Å². The van der Waals surface area contributed by atoms with E-state index < -0.39 is 4.92 Å². The van der Waals surface area contributed by atoms with Gasteiger partial charge in [0.1, 0.15) is 12.4 Å². The summed E-state index contributed by atoms with van der Waals surface area (Å²) in [7, 11) is 0. The van der Waals surface area contributed by atoms with Crippen LogP contribution in [0.1, 0.15) is 15.9 Å². The van der Waals surface area contributed by atoms with E-state index in [1.54, 1.807) is 0 Å². The van der Waals surface area contributed by atoms with Crippen molar-refractivity contribution in [2.75, 3.05) is 0 Å². The molecule has 0 amide bonds. The highest BCUT2D eigenvalue weighted by Gasteiger charge is 2.11. The van der Waals surface area contributed by atoms with Crippen molar-refractivity contribution in [1.29, 1.82) is 0 Å². The summed E-state index contributed by atoms with van der Waals surface area (Å²) in [5.74, 6) is 0.216. The first-order chi connectivity index (χ1) is 9.20. The summed E-state index contributed by atoms with van der Waals surface area (Å²) in [6.45, 7) is 0.253. The van der Waals surface area contributed by atoms with Gasteiger partial charge in [0, 0.05) is 6.07 Å². The smallest absolute Gasteiger partial charge is 0.273 e. The van der Waals surface area contributed by atoms with Crippen molar-refractivity contribution in [3.63, 3.8) is 0 Å². The molecule has 0 radical (unpaired) electrons.